The highest BCUT2D eigenvalue weighted by Gasteiger charge is 2.23. The number of carbonyl (C=O) groups is 1. The molecular formula is C12H14F3NO2. The van der Waals surface area contributed by atoms with Crippen molar-refractivity contribution in [3.8, 4) is 0 Å². The number of benzene rings is 1. The van der Waals surface area contributed by atoms with Gasteiger partial charge in [-0.25, -0.2) is 13.2 Å². The van der Waals surface area contributed by atoms with E-state index in [1.807, 2.05) is 0 Å². The van der Waals surface area contributed by atoms with E-state index < -0.39 is 28.9 Å². The van der Waals surface area contributed by atoms with Gasteiger partial charge in [-0.05, 0) is 13.3 Å². The van der Waals surface area contributed by atoms with Gasteiger partial charge in [0, 0.05) is 31.8 Å². The molecule has 100 valence electrons. The smallest absolute Gasteiger partial charge is 0.259 e. The van der Waals surface area contributed by atoms with Gasteiger partial charge in [0.25, 0.3) is 5.91 Å². The van der Waals surface area contributed by atoms with Crippen LogP contribution in [0, 0.1) is 17.5 Å². The van der Waals surface area contributed by atoms with E-state index in [2.05, 4.69) is 0 Å². The standard InChI is InChI=1S/C12H14F3NO2/c1-2-16(4-3-5-17)12(18)11-9(14)6-8(13)7-10(11)15/h6-7,17H,2-5H2,1H3. The maximum absolute atomic E-state index is 13.4. The fraction of sp³-hybridized carbons (Fsp3) is 0.417. The molecule has 0 heterocycles. The molecule has 0 atom stereocenters. The van der Waals surface area contributed by atoms with Gasteiger partial charge in [-0.1, -0.05) is 0 Å². The predicted molar refractivity (Wildman–Crippen MR) is 59.6 cm³/mol. The molecular weight excluding hydrogens is 247 g/mol. The van der Waals surface area contributed by atoms with E-state index in [0.29, 0.717) is 18.6 Å². The molecule has 0 aliphatic carbocycles. The summed E-state index contributed by atoms with van der Waals surface area (Å²) in [5.74, 6) is -4.36. The third-order valence-corrected chi connectivity index (χ3v) is 2.48. The van der Waals surface area contributed by atoms with Crippen LogP contribution < -0.4 is 0 Å². The number of carbonyl (C=O) groups excluding carboxylic acids is 1. The molecule has 0 unspecified atom stereocenters. The quantitative estimate of drug-likeness (QED) is 0.880. The summed E-state index contributed by atoms with van der Waals surface area (Å²) < 4.78 is 39.5. The zero-order valence-electron chi connectivity index (χ0n) is 9.92. The minimum Gasteiger partial charge on any atom is -0.396 e. The van der Waals surface area contributed by atoms with Gasteiger partial charge in [-0.15, -0.1) is 0 Å². The van der Waals surface area contributed by atoms with Crippen LogP contribution >= 0.6 is 0 Å². The molecule has 0 aromatic heterocycles. The number of amides is 1. The van der Waals surface area contributed by atoms with Crippen LogP contribution in [0.15, 0.2) is 12.1 Å². The molecule has 0 aliphatic heterocycles. The molecule has 3 nitrogen and oxygen atoms in total. The number of nitrogens with zero attached hydrogens (tertiary/aromatic N) is 1. The zero-order chi connectivity index (χ0) is 13.7. The second-order valence-corrected chi connectivity index (χ2v) is 3.71. The van der Waals surface area contributed by atoms with E-state index in [4.69, 9.17) is 5.11 Å². The molecule has 0 saturated heterocycles. The van der Waals surface area contributed by atoms with Crippen molar-refractivity contribution in [3.05, 3.63) is 35.1 Å². The van der Waals surface area contributed by atoms with Crippen molar-refractivity contribution in [1.29, 1.82) is 0 Å². The van der Waals surface area contributed by atoms with Crippen LogP contribution in [-0.4, -0.2) is 35.6 Å². The van der Waals surface area contributed by atoms with Crippen molar-refractivity contribution < 1.29 is 23.1 Å². The Labute approximate surface area is 103 Å². The molecule has 1 aromatic carbocycles. The molecule has 1 rings (SSSR count). The monoisotopic (exact) mass is 261 g/mol. The molecule has 6 heteroatoms. The van der Waals surface area contributed by atoms with Gasteiger partial charge in [0.2, 0.25) is 0 Å². The summed E-state index contributed by atoms with van der Waals surface area (Å²) in [6.07, 6.45) is 0.310. The molecule has 0 bridgehead atoms. The van der Waals surface area contributed by atoms with Gasteiger partial charge in [0.1, 0.15) is 23.0 Å². The van der Waals surface area contributed by atoms with E-state index in [9.17, 15) is 18.0 Å². The number of hydrogen-bond donors (Lipinski definition) is 1. The van der Waals surface area contributed by atoms with Gasteiger partial charge in [-0.3, -0.25) is 4.79 Å². The van der Waals surface area contributed by atoms with E-state index in [1.165, 1.54) is 4.90 Å². The van der Waals surface area contributed by atoms with Gasteiger partial charge in [0.15, 0.2) is 0 Å². The molecule has 0 aliphatic rings. The minimum atomic E-state index is -1.22. The molecule has 0 saturated carbocycles. The molecule has 1 amide bonds. The van der Waals surface area contributed by atoms with E-state index in [0.717, 1.165) is 0 Å². The largest absolute Gasteiger partial charge is 0.396 e. The maximum atomic E-state index is 13.4. The summed E-state index contributed by atoms with van der Waals surface area (Å²) in [5, 5.41) is 8.67. The Morgan fingerprint density at radius 3 is 2.28 bits per heavy atom. The molecule has 1 N–H and O–H groups in total. The lowest BCUT2D eigenvalue weighted by Crippen LogP contribution is -2.33. The lowest BCUT2D eigenvalue weighted by molar-refractivity contribution is 0.0744. The van der Waals surface area contributed by atoms with Crippen molar-refractivity contribution in [1.82, 2.24) is 4.90 Å². The fourth-order valence-electron chi connectivity index (χ4n) is 1.57. The fourth-order valence-corrected chi connectivity index (χ4v) is 1.57. The average Bonchev–Trinajstić information content (AvgIpc) is 2.28. The second-order valence-electron chi connectivity index (χ2n) is 3.71. The summed E-state index contributed by atoms with van der Waals surface area (Å²) in [7, 11) is 0. The number of hydrogen-bond acceptors (Lipinski definition) is 2. The highest BCUT2D eigenvalue weighted by atomic mass is 19.1. The number of halogens is 3. The summed E-state index contributed by atoms with van der Waals surface area (Å²) >= 11 is 0. The van der Waals surface area contributed by atoms with Crippen molar-refractivity contribution >= 4 is 5.91 Å². The lowest BCUT2D eigenvalue weighted by Gasteiger charge is -2.21. The first-order chi connectivity index (χ1) is 8.51. The Bertz CT molecular complexity index is 414. The van der Waals surface area contributed by atoms with E-state index >= 15 is 0 Å². The van der Waals surface area contributed by atoms with Gasteiger partial charge < -0.3 is 10.0 Å². The third kappa shape index (κ3) is 3.22. The Morgan fingerprint density at radius 1 is 1.28 bits per heavy atom. The minimum absolute atomic E-state index is 0.127. The molecule has 18 heavy (non-hydrogen) atoms. The second kappa shape index (κ2) is 6.39. The van der Waals surface area contributed by atoms with Crippen LogP contribution in [0.5, 0.6) is 0 Å². The Morgan fingerprint density at radius 2 is 1.83 bits per heavy atom. The van der Waals surface area contributed by atoms with Gasteiger partial charge in [-0.2, -0.15) is 0 Å². The third-order valence-electron chi connectivity index (χ3n) is 2.48. The Kier molecular flexibility index (Phi) is 5.15. The molecule has 1 aromatic rings. The molecule has 0 radical (unpaired) electrons. The zero-order valence-corrected chi connectivity index (χ0v) is 9.92. The number of aliphatic hydroxyl groups is 1. The van der Waals surface area contributed by atoms with E-state index in [1.54, 1.807) is 6.92 Å². The van der Waals surface area contributed by atoms with Crippen LogP contribution in [0.1, 0.15) is 23.7 Å². The van der Waals surface area contributed by atoms with Crippen LogP contribution in [0.25, 0.3) is 0 Å². The van der Waals surface area contributed by atoms with Crippen molar-refractivity contribution in [2.45, 2.75) is 13.3 Å². The number of aliphatic hydroxyl groups excluding tert-OH is 1. The van der Waals surface area contributed by atoms with Crippen LogP contribution in [0.2, 0.25) is 0 Å². The number of rotatable bonds is 5. The highest BCUT2D eigenvalue weighted by Crippen LogP contribution is 2.17. The van der Waals surface area contributed by atoms with Crippen LogP contribution in [0.3, 0.4) is 0 Å². The predicted octanol–water partition coefficient (Wildman–Crippen LogP) is 1.95. The summed E-state index contributed by atoms with van der Waals surface area (Å²) in [4.78, 5) is 13.1. The SMILES string of the molecule is CCN(CCCO)C(=O)c1c(F)cc(F)cc1F. The molecule has 0 fully saturated rings. The van der Waals surface area contributed by atoms with Crippen LogP contribution in [0.4, 0.5) is 13.2 Å². The first kappa shape index (κ1) is 14.5. The van der Waals surface area contributed by atoms with E-state index in [-0.39, 0.29) is 19.7 Å². The normalized spacial score (nSPS) is 10.5. The average molecular weight is 261 g/mol. The first-order valence-electron chi connectivity index (χ1n) is 5.56. The van der Waals surface area contributed by atoms with Crippen molar-refractivity contribution in [2.75, 3.05) is 19.7 Å². The highest BCUT2D eigenvalue weighted by molar-refractivity contribution is 5.94. The van der Waals surface area contributed by atoms with Crippen LogP contribution in [-0.2, 0) is 0 Å². The maximum Gasteiger partial charge on any atom is 0.259 e. The summed E-state index contributed by atoms with van der Waals surface area (Å²) in [6.45, 7) is 1.95. The summed E-state index contributed by atoms with van der Waals surface area (Å²) in [6, 6.07) is 0.937. The first-order valence-corrected chi connectivity index (χ1v) is 5.56. The van der Waals surface area contributed by atoms with Gasteiger partial charge >= 0.3 is 0 Å². The van der Waals surface area contributed by atoms with Crippen molar-refractivity contribution in [2.24, 2.45) is 0 Å². The topological polar surface area (TPSA) is 40.5 Å². The van der Waals surface area contributed by atoms with Crippen molar-refractivity contribution in [3.63, 3.8) is 0 Å². The Balaban J connectivity index is 3.01. The Hall–Kier alpha value is -1.56. The lowest BCUT2D eigenvalue weighted by atomic mass is 10.1. The van der Waals surface area contributed by atoms with Gasteiger partial charge in [0.05, 0.1) is 0 Å². The summed E-state index contributed by atoms with van der Waals surface area (Å²) in [5.41, 5.74) is -0.767. The molecule has 0 spiro atoms.